The van der Waals surface area contributed by atoms with Crippen molar-refractivity contribution in [1.82, 2.24) is 10.0 Å². The maximum absolute atomic E-state index is 12.0. The molecule has 20 heavy (non-hydrogen) atoms. The number of nitrogens with one attached hydrogen (secondary N) is 2. The molecule has 1 aliphatic heterocycles. The van der Waals surface area contributed by atoms with Crippen molar-refractivity contribution in [3.63, 3.8) is 0 Å². The van der Waals surface area contributed by atoms with Gasteiger partial charge >= 0.3 is 5.97 Å². The Morgan fingerprint density at radius 2 is 2.15 bits per heavy atom. The molecule has 1 atom stereocenters. The summed E-state index contributed by atoms with van der Waals surface area (Å²) in [6.07, 6.45) is 0.116. The second kappa shape index (κ2) is 5.31. The first-order valence-corrected chi connectivity index (χ1v) is 7.84. The summed E-state index contributed by atoms with van der Waals surface area (Å²) in [4.78, 5) is 33.1. The molecule has 1 aliphatic rings. The zero-order chi connectivity index (χ0) is 14.9. The van der Waals surface area contributed by atoms with Gasteiger partial charge in [0.25, 0.3) is 10.0 Å². The lowest BCUT2D eigenvalue weighted by atomic mass is 10.1. The number of rotatable bonds is 4. The summed E-state index contributed by atoms with van der Waals surface area (Å²) in [5.74, 6) is -2.39. The molecule has 0 saturated carbocycles. The summed E-state index contributed by atoms with van der Waals surface area (Å²) in [5, 5.41) is 12.0. The molecule has 1 unspecified atom stereocenters. The normalized spacial score (nSPS) is 19.7. The number of carbonyl (C=O) groups is 3. The van der Waals surface area contributed by atoms with Crippen LogP contribution in [0.15, 0.2) is 15.7 Å². The molecule has 108 valence electrons. The Kier molecular flexibility index (Phi) is 3.88. The van der Waals surface area contributed by atoms with Crippen LogP contribution in [-0.4, -0.2) is 37.3 Å². The van der Waals surface area contributed by atoms with Crippen LogP contribution in [0.1, 0.15) is 23.2 Å². The van der Waals surface area contributed by atoms with E-state index >= 15 is 0 Å². The molecule has 0 bridgehead atoms. The van der Waals surface area contributed by atoms with Gasteiger partial charge in [-0.2, -0.15) is 4.72 Å². The molecule has 1 aromatic rings. The first-order valence-electron chi connectivity index (χ1n) is 5.47. The predicted octanol–water partition coefficient (Wildman–Crippen LogP) is -0.470. The number of imide groups is 1. The predicted molar refractivity (Wildman–Crippen MR) is 67.8 cm³/mol. The van der Waals surface area contributed by atoms with Gasteiger partial charge in [0.2, 0.25) is 11.8 Å². The molecule has 0 aromatic carbocycles. The maximum atomic E-state index is 12.0. The van der Waals surface area contributed by atoms with Crippen LogP contribution in [0.25, 0.3) is 0 Å². The molecule has 1 aromatic heterocycles. The SMILES string of the molecule is O=C1CCC(NS(=O)(=O)c2cc(C(=O)O)cs2)C(=O)N1. The number of carboxylic acid groups (broad SMARTS) is 1. The first-order chi connectivity index (χ1) is 9.29. The minimum atomic E-state index is -3.99. The highest BCUT2D eigenvalue weighted by Gasteiger charge is 2.31. The second-order valence-electron chi connectivity index (χ2n) is 4.08. The lowest BCUT2D eigenvalue weighted by Crippen LogP contribution is -2.52. The zero-order valence-electron chi connectivity index (χ0n) is 9.95. The molecule has 0 radical (unpaired) electrons. The quantitative estimate of drug-likeness (QED) is 0.644. The smallest absolute Gasteiger partial charge is 0.336 e. The maximum Gasteiger partial charge on any atom is 0.336 e. The van der Waals surface area contributed by atoms with E-state index in [1.165, 1.54) is 5.38 Å². The Hall–Kier alpha value is -1.78. The van der Waals surface area contributed by atoms with Crippen molar-refractivity contribution in [2.75, 3.05) is 0 Å². The van der Waals surface area contributed by atoms with Gasteiger partial charge in [0.15, 0.2) is 0 Å². The summed E-state index contributed by atoms with van der Waals surface area (Å²) >= 11 is 0.745. The molecular formula is C10H10N2O6S2. The van der Waals surface area contributed by atoms with Crippen molar-refractivity contribution >= 4 is 39.1 Å². The number of thiophene rings is 1. The van der Waals surface area contributed by atoms with E-state index in [2.05, 4.69) is 4.72 Å². The summed E-state index contributed by atoms with van der Waals surface area (Å²) in [6, 6.07) is -0.0191. The van der Waals surface area contributed by atoms with E-state index in [1.807, 2.05) is 5.32 Å². The molecular weight excluding hydrogens is 308 g/mol. The van der Waals surface area contributed by atoms with Crippen LogP contribution in [-0.2, 0) is 19.6 Å². The van der Waals surface area contributed by atoms with Gasteiger partial charge in [-0.05, 0) is 12.5 Å². The Morgan fingerprint density at radius 1 is 1.45 bits per heavy atom. The molecule has 1 fully saturated rings. The van der Waals surface area contributed by atoms with E-state index in [9.17, 15) is 22.8 Å². The third kappa shape index (κ3) is 3.03. The molecule has 0 spiro atoms. The van der Waals surface area contributed by atoms with E-state index in [1.54, 1.807) is 0 Å². The van der Waals surface area contributed by atoms with E-state index in [0.717, 1.165) is 17.4 Å². The number of carbonyl (C=O) groups excluding carboxylic acids is 2. The highest BCUT2D eigenvalue weighted by molar-refractivity contribution is 7.91. The van der Waals surface area contributed by atoms with Crippen LogP contribution in [0.4, 0.5) is 0 Å². The minimum Gasteiger partial charge on any atom is -0.478 e. The topological polar surface area (TPSA) is 130 Å². The number of aromatic carboxylic acids is 1. The third-order valence-electron chi connectivity index (χ3n) is 2.62. The fourth-order valence-corrected chi connectivity index (χ4v) is 4.02. The molecule has 0 aliphatic carbocycles. The Morgan fingerprint density at radius 3 is 2.70 bits per heavy atom. The van der Waals surface area contributed by atoms with E-state index in [4.69, 9.17) is 5.11 Å². The summed E-state index contributed by atoms with van der Waals surface area (Å²) < 4.78 is 26.0. The number of carboxylic acids is 1. The average Bonchev–Trinajstić information content (AvgIpc) is 2.83. The average molecular weight is 318 g/mol. The fourth-order valence-electron chi connectivity index (χ4n) is 1.62. The number of hydrogen-bond acceptors (Lipinski definition) is 6. The Balaban J connectivity index is 2.16. The fraction of sp³-hybridized carbons (Fsp3) is 0.300. The van der Waals surface area contributed by atoms with Gasteiger partial charge in [-0.15, -0.1) is 11.3 Å². The highest BCUT2D eigenvalue weighted by atomic mass is 32.2. The summed E-state index contributed by atoms with van der Waals surface area (Å²) in [5.41, 5.74) is -0.140. The van der Waals surface area contributed by atoms with Gasteiger partial charge < -0.3 is 5.11 Å². The molecule has 10 heteroatoms. The van der Waals surface area contributed by atoms with E-state index in [0.29, 0.717) is 0 Å². The van der Waals surface area contributed by atoms with Crippen molar-refractivity contribution in [3.8, 4) is 0 Å². The van der Waals surface area contributed by atoms with Crippen molar-refractivity contribution in [2.24, 2.45) is 0 Å². The van der Waals surface area contributed by atoms with Gasteiger partial charge in [0.1, 0.15) is 10.3 Å². The second-order valence-corrected chi connectivity index (χ2v) is 6.94. The zero-order valence-corrected chi connectivity index (χ0v) is 11.6. The molecule has 2 rings (SSSR count). The standard InChI is InChI=1S/C10H10N2O6S2/c13-7-2-1-6(9(14)11-7)12-20(17,18)8-3-5(4-19-8)10(15)16/h3-4,6,12H,1-2H2,(H,15,16)(H,11,13,14). The number of hydrogen-bond donors (Lipinski definition) is 3. The van der Waals surface area contributed by atoms with Crippen LogP contribution < -0.4 is 10.0 Å². The van der Waals surface area contributed by atoms with Crippen LogP contribution in [0.2, 0.25) is 0 Å². The lowest BCUT2D eigenvalue weighted by Gasteiger charge is -2.21. The van der Waals surface area contributed by atoms with Crippen LogP contribution in [0.3, 0.4) is 0 Å². The molecule has 3 N–H and O–H groups in total. The van der Waals surface area contributed by atoms with Crippen molar-refractivity contribution in [2.45, 2.75) is 23.1 Å². The first kappa shape index (κ1) is 14.6. The van der Waals surface area contributed by atoms with E-state index in [-0.39, 0.29) is 22.6 Å². The number of piperidine rings is 1. The molecule has 2 amide bonds. The van der Waals surface area contributed by atoms with Gasteiger partial charge in [-0.25, -0.2) is 13.2 Å². The highest BCUT2D eigenvalue weighted by Crippen LogP contribution is 2.21. The Labute approximate surface area is 117 Å². The number of amides is 2. The third-order valence-corrected chi connectivity index (χ3v) is 5.54. The van der Waals surface area contributed by atoms with Crippen molar-refractivity contribution in [1.29, 1.82) is 0 Å². The Bertz CT molecular complexity index is 678. The van der Waals surface area contributed by atoms with Crippen LogP contribution in [0, 0.1) is 0 Å². The van der Waals surface area contributed by atoms with Gasteiger partial charge in [0, 0.05) is 11.8 Å². The lowest BCUT2D eigenvalue weighted by molar-refractivity contribution is -0.134. The van der Waals surface area contributed by atoms with Crippen molar-refractivity contribution in [3.05, 3.63) is 17.0 Å². The van der Waals surface area contributed by atoms with Crippen molar-refractivity contribution < 1.29 is 27.9 Å². The van der Waals surface area contributed by atoms with Crippen LogP contribution >= 0.6 is 11.3 Å². The molecule has 2 heterocycles. The van der Waals surface area contributed by atoms with E-state index < -0.39 is 33.8 Å². The molecule has 1 saturated heterocycles. The minimum absolute atomic E-state index is 0.0454. The summed E-state index contributed by atoms with van der Waals surface area (Å²) in [7, 11) is -3.99. The van der Waals surface area contributed by atoms with Gasteiger partial charge in [-0.1, -0.05) is 0 Å². The van der Waals surface area contributed by atoms with Gasteiger partial charge in [-0.3, -0.25) is 14.9 Å². The monoisotopic (exact) mass is 318 g/mol. The van der Waals surface area contributed by atoms with Gasteiger partial charge in [0.05, 0.1) is 5.56 Å². The van der Waals surface area contributed by atoms with Crippen LogP contribution in [0.5, 0.6) is 0 Å². The summed E-state index contributed by atoms with van der Waals surface area (Å²) in [6.45, 7) is 0. The number of sulfonamides is 1. The largest absolute Gasteiger partial charge is 0.478 e. The molecule has 8 nitrogen and oxygen atoms in total.